The summed E-state index contributed by atoms with van der Waals surface area (Å²) in [5.74, 6) is -0.134. The second-order valence-corrected chi connectivity index (χ2v) is 5.73. The van der Waals surface area contributed by atoms with Crippen LogP contribution in [0.5, 0.6) is 0 Å². The molecular weight excluding hydrogens is 274 g/mol. The Morgan fingerprint density at radius 1 is 1.43 bits per heavy atom. The van der Waals surface area contributed by atoms with Crippen LogP contribution in [-0.4, -0.2) is 55.8 Å². The number of hydrogen-bond donors (Lipinski definition) is 3. The van der Waals surface area contributed by atoms with Crippen molar-refractivity contribution in [1.29, 1.82) is 0 Å². The van der Waals surface area contributed by atoms with Gasteiger partial charge < -0.3 is 15.3 Å². The van der Waals surface area contributed by atoms with Crippen LogP contribution in [0.1, 0.15) is 39.4 Å². The summed E-state index contributed by atoms with van der Waals surface area (Å²) in [7, 11) is 0. The lowest BCUT2D eigenvalue weighted by Gasteiger charge is -2.35. The molecule has 0 aliphatic rings. The summed E-state index contributed by atoms with van der Waals surface area (Å²) < 4.78 is 0. The molecule has 8 nitrogen and oxygen atoms in total. The molecular formula is C13H23N5O3. The SMILES string of the molecule is CC(C)(C)N(CCC(=O)O)C(=O)NCCCc1ncn[nH]1. The first-order chi connectivity index (χ1) is 9.80. The van der Waals surface area contributed by atoms with Gasteiger partial charge in [0.05, 0.1) is 6.42 Å². The van der Waals surface area contributed by atoms with E-state index in [0.717, 1.165) is 12.2 Å². The highest BCUT2D eigenvalue weighted by atomic mass is 16.4. The molecule has 1 rings (SSSR count). The fourth-order valence-corrected chi connectivity index (χ4v) is 1.85. The number of amides is 2. The van der Waals surface area contributed by atoms with E-state index in [0.29, 0.717) is 13.0 Å². The first-order valence-corrected chi connectivity index (χ1v) is 6.92. The second kappa shape index (κ2) is 7.61. The van der Waals surface area contributed by atoms with Crippen LogP contribution < -0.4 is 5.32 Å². The monoisotopic (exact) mass is 297 g/mol. The predicted molar refractivity (Wildman–Crippen MR) is 76.8 cm³/mol. The average Bonchev–Trinajstić information content (AvgIpc) is 2.85. The van der Waals surface area contributed by atoms with Gasteiger partial charge in [0.2, 0.25) is 0 Å². The zero-order valence-corrected chi connectivity index (χ0v) is 12.7. The number of carbonyl (C=O) groups excluding carboxylic acids is 1. The van der Waals surface area contributed by atoms with Crippen molar-refractivity contribution in [2.24, 2.45) is 0 Å². The molecule has 1 aromatic rings. The Hall–Kier alpha value is -2.12. The van der Waals surface area contributed by atoms with Crippen LogP contribution in [0.3, 0.4) is 0 Å². The van der Waals surface area contributed by atoms with E-state index in [2.05, 4.69) is 20.5 Å². The van der Waals surface area contributed by atoms with E-state index in [1.54, 1.807) is 0 Å². The lowest BCUT2D eigenvalue weighted by Crippen LogP contribution is -2.51. The Morgan fingerprint density at radius 3 is 2.67 bits per heavy atom. The summed E-state index contributed by atoms with van der Waals surface area (Å²) in [4.78, 5) is 28.4. The van der Waals surface area contributed by atoms with E-state index >= 15 is 0 Å². The number of aliphatic carboxylic acids is 1. The Bertz CT molecular complexity index is 453. The van der Waals surface area contributed by atoms with Crippen molar-refractivity contribution < 1.29 is 14.7 Å². The number of nitrogens with zero attached hydrogens (tertiary/aromatic N) is 3. The minimum Gasteiger partial charge on any atom is -0.481 e. The highest BCUT2D eigenvalue weighted by Gasteiger charge is 2.26. The van der Waals surface area contributed by atoms with Crippen molar-refractivity contribution in [3.63, 3.8) is 0 Å². The third-order valence-electron chi connectivity index (χ3n) is 2.94. The molecule has 0 aromatic carbocycles. The number of carboxylic acids is 1. The number of nitrogens with one attached hydrogen (secondary N) is 2. The van der Waals surface area contributed by atoms with Crippen LogP contribution >= 0.6 is 0 Å². The van der Waals surface area contributed by atoms with Crippen LogP contribution in [0.25, 0.3) is 0 Å². The maximum Gasteiger partial charge on any atom is 0.317 e. The Kier molecular flexibility index (Phi) is 6.13. The molecule has 1 aromatic heterocycles. The van der Waals surface area contributed by atoms with E-state index in [9.17, 15) is 9.59 Å². The van der Waals surface area contributed by atoms with Crippen LogP contribution in [0.15, 0.2) is 6.33 Å². The van der Waals surface area contributed by atoms with Crippen LogP contribution in [0.4, 0.5) is 4.79 Å². The molecule has 0 radical (unpaired) electrons. The zero-order valence-electron chi connectivity index (χ0n) is 12.7. The standard InChI is InChI=1S/C13H23N5O3/c1-13(2,3)18(8-6-11(19)20)12(21)14-7-4-5-10-15-9-16-17-10/h9H,4-8H2,1-3H3,(H,14,21)(H,19,20)(H,15,16,17). The van der Waals surface area contributed by atoms with E-state index in [-0.39, 0.29) is 19.0 Å². The van der Waals surface area contributed by atoms with Gasteiger partial charge >= 0.3 is 12.0 Å². The number of rotatable bonds is 7. The zero-order chi connectivity index (χ0) is 15.9. The number of carbonyl (C=O) groups is 2. The van der Waals surface area contributed by atoms with Crippen LogP contribution in [0, 0.1) is 0 Å². The van der Waals surface area contributed by atoms with E-state index in [4.69, 9.17) is 5.11 Å². The van der Waals surface area contributed by atoms with Gasteiger partial charge in [-0.05, 0) is 27.2 Å². The van der Waals surface area contributed by atoms with Crippen molar-refractivity contribution in [2.75, 3.05) is 13.1 Å². The molecule has 0 atom stereocenters. The van der Waals surface area contributed by atoms with Gasteiger partial charge in [-0.25, -0.2) is 9.78 Å². The molecule has 8 heteroatoms. The molecule has 0 fully saturated rings. The van der Waals surface area contributed by atoms with Gasteiger partial charge in [-0.15, -0.1) is 0 Å². The topological polar surface area (TPSA) is 111 Å². The number of H-pyrrole nitrogens is 1. The molecule has 0 aliphatic heterocycles. The Balaban J connectivity index is 2.39. The maximum absolute atomic E-state index is 12.1. The molecule has 21 heavy (non-hydrogen) atoms. The normalized spacial score (nSPS) is 11.2. The minimum absolute atomic E-state index is 0.0667. The maximum atomic E-state index is 12.1. The molecule has 0 spiro atoms. The second-order valence-electron chi connectivity index (χ2n) is 5.73. The highest BCUT2D eigenvalue weighted by Crippen LogP contribution is 2.13. The highest BCUT2D eigenvalue weighted by molar-refractivity contribution is 5.76. The molecule has 0 aliphatic carbocycles. The third-order valence-corrected chi connectivity index (χ3v) is 2.94. The number of hydrogen-bond acceptors (Lipinski definition) is 4. The number of carboxylic acid groups (broad SMARTS) is 1. The molecule has 0 saturated heterocycles. The van der Waals surface area contributed by atoms with Gasteiger partial charge in [0, 0.05) is 25.0 Å². The number of aromatic nitrogens is 3. The minimum atomic E-state index is -0.914. The average molecular weight is 297 g/mol. The predicted octanol–water partition coefficient (Wildman–Crippen LogP) is 1.02. The molecule has 0 bridgehead atoms. The van der Waals surface area contributed by atoms with Gasteiger partial charge in [0.1, 0.15) is 12.2 Å². The van der Waals surface area contributed by atoms with E-state index in [1.165, 1.54) is 11.2 Å². The smallest absolute Gasteiger partial charge is 0.317 e. The molecule has 3 N–H and O–H groups in total. The summed E-state index contributed by atoms with van der Waals surface area (Å²) in [6.45, 7) is 6.32. The fourth-order valence-electron chi connectivity index (χ4n) is 1.85. The number of aromatic amines is 1. The Morgan fingerprint density at radius 2 is 2.14 bits per heavy atom. The van der Waals surface area contributed by atoms with Gasteiger partial charge in [-0.2, -0.15) is 5.10 Å². The van der Waals surface area contributed by atoms with Crippen molar-refractivity contribution in [1.82, 2.24) is 25.4 Å². The number of urea groups is 1. The summed E-state index contributed by atoms with van der Waals surface area (Å²) in [5, 5.41) is 18.1. The lowest BCUT2D eigenvalue weighted by atomic mass is 10.1. The lowest BCUT2D eigenvalue weighted by molar-refractivity contribution is -0.137. The number of aryl methyl sites for hydroxylation is 1. The fraction of sp³-hybridized carbons (Fsp3) is 0.692. The van der Waals surface area contributed by atoms with Gasteiger partial charge in [0.25, 0.3) is 0 Å². The quantitative estimate of drug-likeness (QED) is 0.651. The van der Waals surface area contributed by atoms with Crippen molar-refractivity contribution in [3.05, 3.63) is 12.2 Å². The van der Waals surface area contributed by atoms with E-state index in [1.807, 2.05) is 20.8 Å². The molecule has 118 valence electrons. The van der Waals surface area contributed by atoms with Crippen LogP contribution in [-0.2, 0) is 11.2 Å². The van der Waals surface area contributed by atoms with Gasteiger partial charge in [-0.1, -0.05) is 0 Å². The largest absolute Gasteiger partial charge is 0.481 e. The van der Waals surface area contributed by atoms with Gasteiger partial charge in [-0.3, -0.25) is 9.89 Å². The summed E-state index contributed by atoms with van der Waals surface area (Å²) in [6.07, 6.45) is 2.81. The molecule has 0 unspecified atom stereocenters. The third kappa shape index (κ3) is 6.24. The van der Waals surface area contributed by atoms with E-state index < -0.39 is 11.5 Å². The first kappa shape index (κ1) is 16.9. The summed E-state index contributed by atoms with van der Waals surface area (Å²) >= 11 is 0. The summed E-state index contributed by atoms with van der Waals surface area (Å²) in [6, 6.07) is -0.249. The van der Waals surface area contributed by atoms with Gasteiger partial charge in [0.15, 0.2) is 0 Å². The Labute approximate surface area is 123 Å². The van der Waals surface area contributed by atoms with Crippen molar-refractivity contribution in [2.45, 2.75) is 45.6 Å². The first-order valence-electron chi connectivity index (χ1n) is 6.92. The molecule has 2 amide bonds. The van der Waals surface area contributed by atoms with Crippen molar-refractivity contribution in [3.8, 4) is 0 Å². The summed E-state index contributed by atoms with van der Waals surface area (Å²) in [5.41, 5.74) is -0.426. The van der Waals surface area contributed by atoms with Crippen molar-refractivity contribution >= 4 is 12.0 Å². The van der Waals surface area contributed by atoms with Crippen LogP contribution in [0.2, 0.25) is 0 Å². The molecule has 0 saturated carbocycles. The molecule has 1 heterocycles.